The van der Waals surface area contributed by atoms with E-state index in [0.717, 1.165) is 14.3 Å². The molecule has 4 aromatic rings. The van der Waals surface area contributed by atoms with Crippen LogP contribution in [0.2, 0.25) is 0 Å². The van der Waals surface area contributed by atoms with Crippen LogP contribution in [0.15, 0.2) is 82.3 Å². The largest absolute Gasteiger partial charge is 0.264 e. The van der Waals surface area contributed by atoms with Gasteiger partial charge in [0.05, 0.1) is 0 Å². The molecule has 136 valence electrons. The van der Waals surface area contributed by atoms with E-state index in [2.05, 4.69) is 47.9 Å². The Balaban J connectivity index is 0.000000219. The molecule has 0 aliphatic carbocycles. The molecule has 0 fully saturated rings. The predicted octanol–water partition coefficient (Wildman–Crippen LogP) is 8.05. The Bertz CT molecular complexity index is 836. The molecule has 4 heteroatoms. The van der Waals surface area contributed by atoms with Crippen molar-refractivity contribution in [3.8, 4) is 0 Å². The van der Waals surface area contributed by atoms with Crippen molar-refractivity contribution >= 4 is 53.4 Å². The summed E-state index contributed by atoms with van der Waals surface area (Å²) in [6.07, 6.45) is 7.32. The van der Waals surface area contributed by atoms with Gasteiger partial charge in [-0.25, -0.2) is 0 Å². The molecule has 2 aromatic heterocycles. The zero-order valence-corrected chi connectivity index (χ0v) is 18.8. The van der Waals surface area contributed by atoms with Crippen LogP contribution in [0.1, 0.15) is 27.7 Å². The van der Waals surface area contributed by atoms with E-state index in [1.807, 2.05) is 82.6 Å². The van der Waals surface area contributed by atoms with Gasteiger partial charge >= 0.3 is 0 Å². The highest BCUT2D eigenvalue weighted by molar-refractivity contribution is 9.11. The third-order valence-corrected chi connectivity index (χ3v) is 4.64. The highest BCUT2D eigenvalue weighted by Gasteiger charge is 1.95. The lowest BCUT2D eigenvalue weighted by atomic mass is 10.2. The lowest BCUT2D eigenvalue weighted by Gasteiger charge is -1.96. The number of hydrogen-bond acceptors (Lipinski definition) is 2. The Morgan fingerprint density at radius 2 is 1.12 bits per heavy atom. The van der Waals surface area contributed by atoms with Gasteiger partial charge in [-0.3, -0.25) is 9.97 Å². The molecule has 0 spiro atoms. The Hall–Kier alpha value is -1.78. The zero-order chi connectivity index (χ0) is 19.4. The van der Waals surface area contributed by atoms with Gasteiger partial charge in [-0.1, -0.05) is 83.8 Å². The van der Waals surface area contributed by atoms with Crippen molar-refractivity contribution in [3.63, 3.8) is 0 Å². The number of nitrogens with zero attached hydrogens (tertiary/aromatic N) is 2. The van der Waals surface area contributed by atoms with Crippen LogP contribution < -0.4 is 0 Å². The molecule has 0 aliphatic rings. The summed E-state index contributed by atoms with van der Waals surface area (Å²) in [7, 11) is 0. The molecular weight excluding hydrogens is 452 g/mol. The predicted molar refractivity (Wildman–Crippen MR) is 122 cm³/mol. The summed E-state index contributed by atoms with van der Waals surface area (Å²) in [5, 5.41) is 4.76. The molecule has 0 radical (unpaired) electrons. The van der Waals surface area contributed by atoms with Crippen LogP contribution in [0, 0.1) is 0 Å². The van der Waals surface area contributed by atoms with E-state index in [1.54, 1.807) is 12.4 Å². The Labute approximate surface area is 173 Å². The van der Waals surface area contributed by atoms with Gasteiger partial charge in [0, 0.05) is 44.5 Å². The van der Waals surface area contributed by atoms with Gasteiger partial charge in [-0.15, -0.1) is 0 Å². The van der Waals surface area contributed by atoms with Crippen molar-refractivity contribution in [1.29, 1.82) is 0 Å². The fourth-order valence-electron chi connectivity index (χ4n) is 2.16. The van der Waals surface area contributed by atoms with Gasteiger partial charge in [0.1, 0.15) is 0 Å². The van der Waals surface area contributed by atoms with Gasteiger partial charge in [-0.2, -0.15) is 0 Å². The molecule has 0 unspecified atom stereocenters. The van der Waals surface area contributed by atoms with E-state index in [-0.39, 0.29) is 0 Å². The van der Waals surface area contributed by atoms with Crippen molar-refractivity contribution < 1.29 is 0 Å². The minimum atomic E-state index is 1.10. The van der Waals surface area contributed by atoms with Crippen molar-refractivity contribution in [1.82, 2.24) is 9.97 Å². The van der Waals surface area contributed by atoms with E-state index in [9.17, 15) is 0 Å². The summed E-state index contributed by atoms with van der Waals surface area (Å²) in [6, 6.07) is 16.2. The summed E-state index contributed by atoms with van der Waals surface area (Å²) in [6.45, 7) is 8.00. The van der Waals surface area contributed by atoms with E-state index in [1.165, 1.54) is 16.2 Å². The number of aromatic nitrogens is 2. The van der Waals surface area contributed by atoms with Crippen LogP contribution >= 0.6 is 31.9 Å². The smallest absolute Gasteiger partial charge is 0.0357 e. The molecule has 0 saturated carbocycles. The van der Waals surface area contributed by atoms with Crippen molar-refractivity contribution in [2.45, 2.75) is 27.7 Å². The minimum Gasteiger partial charge on any atom is -0.264 e. The van der Waals surface area contributed by atoms with Crippen LogP contribution in [0.4, 0.5) is 0 Å². The fourth-order valence-corrected chi connectivity index (χ4v) is 3.16. The number of hydrogen-bond donors (Lipinski definition) is 0. The summed E-state index contributed by atoms with van der Waals surface area (Å²) >= 11 is 6.93. The third-order valence-electron chi connectivity index (χ3n) is 3.26. The number of rotatable bonds is 0. The van der Waals surface area contributed by atoms with E-state index >= 15 is 0 Å². The highest BCUT2D eigenvalue weighted by Crippen LogP contribution is 2.22. The molecule has 2 heterocycles. The monoisotopic (exact) mass is 474 g/mol. The third kappa shape index (κ3) is 6.19. The van der Waals surface area contributed by atoms with Crippen LogP contribution in [0.25, 0.3) is 21.5 Å². The van der Waals surface area contributed by atoms with Crippen molar-refractivity contribution in [2.75, 3.05) is 0 Å². The zero-order valence-electron chi connectivity index (χ0n) is 15.6. The lowest BCUT2D eigenvalue weighted by molar-refractivity contribution is 1.36. The summed E-state index contributed by atoms with van der Waals surface area (Å²) in [5.74, 6) is 0. The first kappa shape index (κ1) is 22.3. The van der Waals surface area contributed by atoms with E-state index < -0.39 is 0 Å². The molecule has 4 rings (SSSR count). The Kier molecular flexibility index (Phi) is 10.7. The Morgan fingerprint density at radius 1 is 0.577 bits per heavy atom. The summed E-state index contributed by atoms with van der Waals surface area (Å²) < 4.78 is 2.22. The van der Waals surface area contributed by atoms with Crippen LogP contribution in [0.3, 0.4) is 0 Å². The number of pyridine rings is 2. The first-order chi connectivity index (χ1) is 12.8. The normalized spacial score (nSPS) is 9.15. The van der Waals surface area contributed by atoms with Crippen LogP contribution in [-0.2, 0) is 0 Å². The minimum absolute atomic E-state index is 1.10. The average Bonchev–Trinajstić information content (AvgIpc) is 2.72. The molecule has 0 atom stereocenters. The number of fused-ring (bicyclic) bond motifs is 2. The quantitative estimate of drug-likeness (QED) is 0.257. The molecular formula is C22H24Br2N2. The molecule has 26 heavy (non-hydrogen) atoms. The number of benzene rings is 2. The number of halogens is 2. The van der Waals surface area contributed by atoms with Crippen LogP contribution in [0.5, 0.6) is 0 Å². The second kappa shape index (κ2) is 12.6. The van der Waals surface area contributed by atoms with E-state index in [0.29, 0.717) is 0 Å². The molecule has 0 bridgehead atoms. The first-order valence-corrected chi connectivity index (χ1v) is 10.3. The average molecular weight is 476 g/mol. The molecule has 2 nitrogen and oxygen atoms in total. The maximum absolute atomic E-state index is 4.04. The summed E-state index contributed by atoms with van der Waals surface area (Å²) in [4.78, 5) is 8.08. The van der Waals surface area contributed by atoms with Crippen molar-refractivity contribution in [3.05, 3.63) is 82.3 Å². The highest BCUT2D eigenvalue weighted by atomic mass is 79.9. The molecule has 0 saturated heterocycles. The lowest BCUT2D eigenvalue weighted by Crippen LogP contribution is -1.74. The standard InChI is InChI=1S/2C9H6BrN.2C2H6/c10-9-3-1-2-7-6-11-5-4-8(7)9;10-9-3-1-2-7-4-5-11-6-8(7)9;2*1-2/h2*1-6H;2*1-2H3. The topological polar surface area (TPSA) is 25.8 Å². The molecule has 0 aliphatic heterocycles. The second-order valence-electron chi connectivity index (χ2n) is 4.67. The molecule has 0 N–H and O–H groups in total. The fraction of sp³-hybridized carbons (Fsp3) is 0.182. The van der Waals surface area contributed by atoms with E-state index in [4.69, 9.17) is 0 Å². The SMILES string of the molecule is Brc1cccc2ccncc12.Brc1cccc2cnccc12.CC.CC. The second-order valence-corrected chi connectivity index (χ2v) is 6.38. The van der Waals surface area contributed by atoms with Gasteiger partial charge in [0.25, 0.3) is 0 Å². The van der Waals surface area contributed by atoms with Gasteiger partial charge < -0.3 is 0 Å². The Morgan fingerprint density at radius 3 is 1.73 bits per heavy atom. The van der Waals surface area contributed by atoms with Gasteiger partial charge in [-0.05, 0) is 35.0 Å². The van der Waals surface area contributed by atoms with Gasteiger partial charge in [0.2, 0.25) is 0 Å². The maximum atomic E-state index is 4.04. The maximum Gasteiger partial charge on any atom is 0.0357 e. The van der Waals surface area contributed by atoms with Gasteiger partial charge in [0.15, 0.2) is 0 Å². The van der Waals surface area contributed by atoms with Crippen molar-refractivity contribution in [2.24, 2.45) is 0 Å². The summed E-state index contributed by atoms with van der Waals surface area (Å²) in [5.41, 5.74) is 0. The molecule has 0 amide bonds. The van der Waals surface area contributed by atoms with Crippen LogP contribution in [-0.4, -0.2) is 9.97 Å². The molecule has 2 aromatic carbocycles. The first-order valence-electron chi connectivity index (χ1n) is 8.72.